The average Bonchev–Trinajstić information content (AvgIpc) is 2.27. The molecule has 0 saturated heterocycles. The van der Waals surface area contributed by atoms with Crippen molar-refractivity contribution in [1.82, 2.24) is 0 Å². The summed E-state index contributed by atoms with van der Waals surface area (Å²) >= 11 is 0. The van der Waals surface area contributed by atoms with Gasteiger partial charge in [-0.3, -0.25) is 4.72 Å². The maximum Gasteiger partial charge on any atom is 0.330 e. The number of sulfonamides is 1. The standard InChI is InChI=1S/C12H15NO4S/c1-17-12(14)8-4-6-10-5-3-7-11(9-10)13-18(2,15)16/h3-5,7-9,13H,6H2,1-2H3/b8-4+. The van der Waals surface area contributed by atoms with Crippen molar-refractivity contribution < 1.29 is 17.9 Å². The molecule has 0 aliphatic heterocycles. The third-order valence-electron chi connectivity index (χ3n) is 2.04. The van der Waals surface area contributed by atoms with Crippen LogP contribution in [0.15, 0.2) is 36.4 Å². The summed E-state index contributed by atoms with van der Waals surface area (Å²) in [5.41, 5.74) is 1.39. The van der Waals surface area contributed by atoms with Gasteiger partial charge in [0.1, 0.15) is 0 Å². The quantitative estimate of drug-likeness (QED) is 0.646. The van der Waals surface area contributed by atoms with Gasteiger partial charge in [0.15, 0.2) is 0 Å². The monoisotopic (exact) mass is 269 g/mol. The summed E-state index contributed by atoms with van der Waals surface area (Å²) in [6.07, 6.45) is 4.60. The van der Waals surface area contributed by atoms with E-state index in [0.717, 1.165) is 11.8 Å². The predicted molar refractivity (Wildman–Crippen MR) is 69.8 cm³/mol. The van der Waals surface area contributed by atoms with Crippen LogP contribution in [0.3, 0.4) is 0 Å². The highest BCUT2D eigenvalue weighted by Crippen LogP contribution is 2.12. The first-order chi connectivity index (χ1) is 8.40. The van der Waals surface area contributed by atoms with Gasteiger partial charge in [-0.2, -0.15) is 0 Å². The minimum absolute atomic E-state index is 0.416. The van der Waals surface area contributed by atoms with E-state index in [0.29, 0.717) is 12.1 Å². The molecular formula is C12H15NO4S. The topological polar surface area (TPSA) is 72.5 Å². The van der Waals surface area contributed by atoms with Crippen LogP contribution >= 0.6 is 0 Å². The molecule has 1 aromatic carbocycles. The first-order valence-electron chi connectivity index (χ1n) is 5.22. The molecule has 0 heterocycles. The van der Waals surface area contributed by atoms with Gasteiger partial charge in [0.2, 0.25) is 10.0 Å². The van der Waals surface area contributed by atoms with E-state index < -0.39 is 16.0 Å². The zero-order valence-electron chi connectivity index (χ0n) is 10.2. The Balaban J connectivity index is 2.71. The van der Waals surface area contributed by atoms with E-state index in [1.54, 1.807) is 24.3 Å². The van der Waals surface area contributed by atoms with Crippen LogP contribution in [0.1, 0.15) is 5.56 Å². The SMILES string of the molecule is COC(=O)/C=C/Cc1cccc(NS(C)(=O)=O)c1. The third kappa shape index (κ3) is 5.49. The lowest BCUT2D eigenvalue weighted by atomic mass is 10.1. The lowest BCUT2D eigenvalue weighted by Gasteiger charge is -2.05. The molecule has 0 amide bonds. The highest BCUT2D eigenvalue weighted by Gasteiger charge is 2.01. The van der Waals surface area contributed by atoms with Gasteiger partial charge in [0, 0.05) is 11.8 Å². The molecule has 0 atom stereocenters. The zero-order valence-corrected chi connectivity index (χ0v) is 11.0. The fourth-order valence-electron chi connectivity index (χ4n) is 1.34. The van der Waals surface area contributed by atoms with Gasteiger partial charge in [0.25, 0.3) is 0 Å². The Morgan fingerprint density at radius 3 is 2.78 bits per heavy atom. The summed E-state index contributed by atoms with van der Waals surface area (Å²) in [7, 11) is -1.97. The molecule has 1 aromatic rings. The van der Waals surface area contributed by atoms with Crippen LogP contribution in [0.2, 0.25) is 0 Å². The molecule has 5 nitrogen and oxygen atoms in total. The number of carbonyl (C=O) groups is 1. The van der Waals surface area contributed by atoms with Crippen LogP contribution in [0.4, 0.5) is 5.69 Å². The molecule has 1 rings (SSSR count). The summed E-state index contributed by atoms with van der Waals surface area (Å²) in [6, 6.07) is 6.96. The number of rotatable bonds is 5. The number of methoxy groups -OCH3 is 1. The highest BCUT2D eigenvalue weighted by molar-refractivity contribution is 7.92. The normalized spacial score (nSPS) is 11.4. The van der Waals surface area contributed by atoms with E-state index in [4.69, 9.17) is 0 Å². The number of carbonyl (C=O) groups excluding carboxylic acids is 1. The maximum absolute atomic E-state index is 11.1. The number of benzene rings is 1. The summed E-state index contributed by atoms with van der Waals surface area (Å²) in [5, 5.41) is 0. The highest BCUT2D eigenvalue weighted by atomic mass is 32.2. The first-order valence-corrected chi connectivity index (χ1v) is 7.11. The Bertz CT molecular complexity index is 549. The van der Waals surface area contributed by atoms with Crippen LogP contribution < -0.4 is 4.72 Å². The van der Waals surface area contributed by atoms with Crippen LogP contribution in [0.5, 0.6) is 0 Å². The van der Waals surface area contributed by atoms with Gasteiger partial charge >= 0.3 is 5.97 Å². The molecule has 0 aliphatic carbocycles. The Kier molecular flexibility index (Phi) is 4.91. The minimum atomic E-state index is -3.27. The van der Waals surface area contributed by atoms with Gasteiger partial charge in [-0.05, 0) is 24.1 Å². The Hall–Kier alpha value is -1.82. The van der Waals surface area contributed by atoms with Gasteiger partial charge in [-0.15, -0.1) is 0 Å². The summed E-state index contributed by atoms with van der Waals surface area (Å²) < 4.78 is 29.0. The molecule has 0 spiro atoms. The number of ether oxygens (including phenoxy) is 1. The lowest BCUT2D eigenvalue weighted by Crippen LogP contribution is -2.09. The van der Waals surface area contributed by atoms with E-state index >= 15 is 0 Å². The van der Waals surface area contributed by atoms with Crippen molar-refractivity contribution in [2.75, 3.05) is 18.1 Å². The average molecular weight is 269 g/mol. The van der Waals surface area contributed by atoms with E-state index in [2.05, 4.69) is 9.46 Å². The van der Waals surface area contributed by atoms with Crippen molar-refractivity contribution in [3.63, 3.8) is 0 Å². The second-order valence-corrected chi connectivity index (χ2v) is 5.45. The van der Waals surface area contributed by atoms with Gasteiger partial charge in [-0.25, -0.2) is 13.2 Å². The molecule has 0 unspecified atom stereocenters. The van der Waals surface area contributed by atoms with E-state index in [1.807, 2.05) is 6.07 Å². The first kappa shape index (κ1) is 14.2. The number of hydrogen-bond donors (Lipinski definition) is 1. The fourth-order valence-corrected chi connectivity index (χ4v) is 1.89. The molecule has 0 aromatic heterocycles. The summed E-state index contributed by atoms with van der Waals surface area (Å²) in [5.74, 6) is -0.416. The Morgan fingerprint density at radius 1 is 1.44 bits per heavy atom. The second-order valence-electron chi connectivity index (χ2n) is 3.70. The molecule has 0 saturated carbocycles. The summed E-state index contributed by atoms with van der Waals surface area (Å²) in [6.45, 7) is 0. The molecule has 98 valence electrons. The predicted octanol–water partition coefficient (Wildman–Crippen LogP) is 1.33. The van der Waals surface area contributed by atoms with Crippen molar-refractivity contribution in [1.29, 1.82) is 0 Å². The maximum atomic E-state index is 11.1. The van der Waals surface area contributed by atoms with Crippen LogP contribution in [0.25, 0.3) is 0 Å². The third-order valence-corrected chi connectivity index (χ3v) is 2.65. The largest absolute Gasteiger partial charge is 0.466 e. The number of esters is 1. The molecule has 1 N–H and O–H groups in total. The van der Waals surface area contributed by atoms with E-state index in [-0.39, 0.29) is 0 Å². The molecule has 6 heteroatoms. The molecule has 0 aliphatic rings. The molecule has 0 radical (unpaired) electrons. The van der Waals surface area contributed by atoms with Crippen molar-refractivity contribution in [2.24, 2.45) is 0 Å². The number of allylic oxidation sites excluding steroid dienone is 1. The van der Waals surface area contributed by atoms with E-state index in [9.17, 15) is 13.2 Å². The Morgan fingerprint density at radius 2 is 2.17 bits per heavy atom. The molecule has 18 heavy (non-hydrogen) atoms. The molecule has 0 fully saturated rings. The van der Waals surface area contributed by atoms with Crippen LogP contribution in [-0.2, 0) is 26.0 Å². The number of nitrogens with one attached hydrogen (secondary N) is 1. The van der Waals surface area contributed by atoms with Crippen molar-refractivity contribution in [2.45, 2.75) is 6.42 Å². The smallest absolute Gasteiger partial charge is 0.330 e. The number of hydrogen-bond acceptors (Lipinski definition) is 4. The second kappa shape index (κ2) is 6.20. The molecule has 0 bridgehead atoms. The summed E-state index contributed by atoms with van der Waals surface area (Å²) in [4.78, 5) is 10.9. The Labute approximate surface area is 107 Å². The fraction of sp³-hybridized carbons (Fsp3) is 0.250. The van der Waals surface area contributed by atoms with Gasteiger partial charge < -0.3 is 4.74 Å². The van der Waals surface area contributed by atoms with Crippen LogP contribution in [0, 0.1) is 0 Å². The number of anilines is 1. The van der Waals surface area contributed by atoms with Gasteiger partial charge in [-0.1, -0.05) is 18.2 Å². The van der Waals surface area contributed by atoms with Crippen molar-refractivity contribution >= 4 is 21.7 Å². The van der Waals surface area contributed by atoms with Crippen molar-refractivity contribution in [3.8, 4) is 0 Å². The lowest BCUT2D eigenvalue weighted by molar-refractivity contribution is -0.134. The van der Waals surface area contributed by atoms with Crippen LogP contribution in [-0.4, -0.2) is 27.8 Å². The van der Waals surface area contributed by atoms with Crippen molar-refractivity contribution in [3.05, 3.63) is 42.0 Å². The van der Waals surface area contributed by atoms with Gasteiger partial charge in [0.05, 0.1) is 13.4 Å². The minimum Gasteiger partial charge on any atom is -0.466 e. The molecular weight excluding hydrogens is 254 g/mol. The van der Waals surface area contributed by atoms with E-state index in [1.165, 1.54) is 13.2 Å². The zero-order chi connectivity index (χ0) is 13.6.